The van der Waals surface area contributed by atoms with Crippen molar-refractivity contribution in [1.29, 1.82) is 0 Å². The van der Waals surface area contributed by atoms with Gasteiger partial charge in [0.2, 0.25) is 11.7 Å². The number of carboxylic acid groups (broad SMARTS) is 1. The smallest absolute Gasteiger partial charge is 0.326 e. The quantitative estimate of drug-likeness (QED) is 0.281. The first-order valence-corrected chi connectivity index (χ1v) is 16.5. The zero-order valence-corrected chi connectivity index (χ0v) is 26.8. The molecule has 1 amide bonds. The average molecular weight is 647 g/mol. The number of amides is 1. The lowest BCUT2D eigenvalue weighted by atomic mass is 9.46. The van der Waals surface area contributed by atoms with Crippen molar-refractivity contribution in [3.05, 3.63) is 47.7 Å². The minimum atomic E-state index is -1.84. The van der Waals surface area contributed by atoms with Crippen LogP contribution in [0.2, 0.25) is 0 Å². The number of allylic oxidation sites excluding steroid dienone is 1. The standard InChI is InChI=1S/C36H42N2O9/c1-34-13-11-22(39)16-21(34)7-8-24-25-12-14-36(46,35(25,2)17-28(40)32(24)34)29(41)19-47-31(43)10-9-30(42)38-27(33(44)45)15-20-18-37-26-6-4-3-5-23(20)26/h3-6,16,18,24-25,27,32,37,46H,7-15,17,19H2,1-2H3,(H,38,42)(H,44,45)/t24-,25-,27+,32+,34-,35-,36-/m0/s1. The Morgan fingerprint density at radius 2 is 1.83 bits per heavy atom. The fraction of sp³-hybridized carbons (Fsp3) is 0.556. The molecule has 1 aromatic carbocycles. The lowest BCUT2D eigenvalue weighted by Crippen LogP contribution is -2.61. The largest absolute Gasteiger partial charge is 0.480 e. The number of carbonyl (C=O) groups is 6. The van der Waals surface area contributed by atoms with Crippen LogP contribution >= 0.6 is 0 Å². The maximum atomic E-state index is 13.8. The highest BCUT2D eigenvalue weighted by Gasteiger charge is 2.68. The zero-order chi connectivity index (χ0) is 33.7. The number of aliphatic hydroxyl groups is 1. The first-order chi connectivity index (χ1) is 22.3. The molecule has 4 aliphatic carbocycles. The molecule has 0 bridgehead atoms. The third-order valence-corrected chi connectivity index (χ3v) is 11.9. The fourth-order valence-electron chi connectivity index (χ4n) is 9.39. The van der Waals surface area contributed by atoms with Crippen LogP contribution in [-0.2, 0) is 39.9 Å². The predicted molar refractivity (Wildman–Crippen MR) is 169 cm³/mol. The number of hydrogen-bond acceptors (Lipinski definition) is 8. The van der Waals surface area contributed by atoms with Crippen molar-refractivity contribution in [3.8, 4) is 0 Å². The van der Waals surface area contributed by atoms with E-state index in [9.17, 15) is 39.0 Å². The third-order valence-electron chi connectivity index (χ3n) is 11.9. The molecule has 4 N–H and O–H groups in total. The maximum Gasteiger partial charge on any atom is 0.326 e. The molecule has 4 aliphatic rings. The van der Waals surface area contributed by atoms with E-state index in [1.807, 2.05) is 24.3 Å². The van der Waals surface area contributed by atoms with Crippen molar-refractivity contribution in [3.63, 3.8) is 0 Å². The van der Waals surface area contributed by atoms with Crippen LogP contribution in [0.3, 0.4) is 0 Å². The van der Waals surface area contributed by atoms with Crippen molar-refractivity contribution in [2.45, 2.75) is 89.7 Å². The number of carbonyl (C=O) groups excluding carboxylic acids is 5. The molecule has 0 saturated heterocycles. The van der Waals surface area contributed by atoms with Gasteiger partial charge in [-0.05, 0) is 67.1 Å². The molecule has 2 aromatic rings. The molecule has 1 aromatic heterocycles. The van der Waals surface area contributed by atoms with Crippen LogP contribution in [-0.4, -0.2) is 68.6 Å². The maximum absolute atomic E-state index is 13.8. The summed E-state index contributed by atoms with van der Waals surface area (Å²) in [4.78, 5) is 79.5. The SMILES string of the molecule is C[C@]12CCC(=O)C=C1CC[C@@H]1[C@@H]2C(=O)C[C@@]2(C)[C@H]1CC[C@]2(O)C(=O)COC(=O)CCC(=O)N[C@H](Cc1c[nH]c2ccccc12)C(=O)O. The molecule has 1 heterocycles. The lowest BCUT2D eigenvalue weighted by molar-refractivity contribution is -0.173. The van der Waals surface area contributed by atoms with E-state index >= 15 is 0 Å². The Bertz CT molecular complexity index is 1690. The normalized spacial score (nSPS) is 32.1. The summed E-state index contributed by atoms with van der Waals surface area (Å²) in [7, 11) is 0. The van der Waals surface area contributed by atoms with E-state index in [-0.39, 0.29) is 66.8 Å². The zero-order valence-electron chi connectivity index (χ0n) is 26.8. The van der Waals surface area contributed by atoms with Gasteiger partial charge in [0.15, 0.2) is 12.4 Å². The van der Waals surface area contributed by atoms with E-state index < -0.39 is 47.3 Å². The predicted octanol–water partition coefficient (Wildman–Crippen LogP) is 3.61. The molecule has 47 heavy (non-hydrogen) atoms. The summed E-state index contributed by atoms with van der Waals surface area (Å²) >= 11 is 0. The van der Waals surface area contributed by atoms with E-state index in [0.29, 0.717) is 19.3 Å². The Labute approximate surface area is 272 Å². The minimum absolute atomic E-state index is 0.00918. The molecule has 11 nitrogen and oxygen atoms in total. The Morgan fingerprint density at radius 3 is 2.60 bits per heavy atom. The van der Waals surface area contributed by atoms with Gasteiger partial charge in [0.05, 0.1) is 6.42 Å². The summed E-state index contributed by atoms with van der Waals surface area (Å²) in [5.41, 5.74) is -0.613. The summed E-state index contributed by atoms with van der Waals surface area (Å²) < 4.78 is 5.20. The lowest BCUT2D eigenvalue weighted by Gasteiger charge is -2.57. The van der Waals surface area contributed by atoms with E-state index in [1.54, 1.807) is 19.2 Å². The monoisotopic (exact) mass is 646 g/mol. The van der Waals surface area contributed by atoms with Crippen molar-refractivity contribution >= 4 is 46.1 Å². The second-order valence-electron chi connectivity index (χ2n) is 14.4. The number of nitrogens with one attached hydrogen (secondary N) is 2. The Hall–Kier alpha value is -4.12. The van der Waals surface area contributed by atoms with Gasteiger partial charge in [-0.15, -0.1) is 0 Å². The van der Waals surface area contributed by atoms with Crippen LogP contribution < -0.4 is 5.32 Å². The van der Waals surface area contributed by atoms with Crippen molar-refractivity contribution < 1.29 is 43.7 Å². The van der Waals surface area contributed by atoms with E-state index in [2.05, 4.69) is 17.2 Å². The number of fused-ring (bicyclic) bond motifs is 6. The number of ether oxygens (including phenoxy) is 1. The van der Waals surface area contributed by atoms with E-state index in [0.717, 1.165) is 34.9 Å². The highest BCUT2D eigenvalue weighted by atomic mass is 16.5. The number of esters is 1. The van der Waals surface area contributed by atoms with Gasteiger partial charge in [0.25, 0.3) is 0 Å². The van der Waals surface area contributed by atoms with Crippen molar-refractivity contribution in [2.24, 2.45) is 28.6 Å². The van der Waals surface area contributed by atoms with Gasteiger partial charge in [0, 0.05) is 54.1 Å². The number of para-hydroxylation sites is 1. The highest BCUT2D eigenvalue weighted by Crippen LogP contribution is 2.66. The van der Waals surface area contributed by atoms with Crippen LogP contribution in [0.25, 0.3) is 10.9 Å². The van der Waals surface area contributed by atoms with Gasteiger partial charge >= 0.3 is 11.9 Å². The molecule has 250 valence electrons. The van der Waals surface area contributed by atoms with Crippen molar-refractivity contribution in [2.75, 3.05) is 6.61 Å². The van der Waals surface area contributed by atoms with Gasteiger partial charge in [0.1, 0.15) is 17.4 Å². The molecule has 6 rings (SSSR count). The summed E-state index contributed by atoms with van der Waals surface area (Å²) in [5, 5.41) is 24.8. The van der Waals surface area contributed by atoms with E-state index in [4.69, 9.17) is 4.74 Å². The molecule has 3 fully saturated rings. The number of ketones is 3. The molecule has 0 spiro atoms. The number of benzene rings is 1. The van der Waals surface area contributed by atoms with Gasteiger partial charge in [-0.2, -0.15) is 0 Å². The van der Waals surface area contributed by atoms with E-state index in [1.165, 1.54) is 0 Å². The molecule has 0 radical (unpaired) electrons. The minimum Gasteiger partial charge on any atom is -0.480 e. The van der Waals surface area contributed by atoms with Crippen LogP contribution in [0.5, 0.6) is 0 Å². The fourth-order valence-corrected chi connectivity index (χ4v) is 9.39. The number of aromatic amines is 1. The Balaban J connectivity index is 1.03. The average Bonchev–Trinajstić information content (AvgIpc) is 3.56. The second-order valence-corrected chi connectivity index (χ2v) is 14.4. The molecule has 11 heteroatoms. The number of Topliss-reactive ketones (excluding diaryl/α,β-unsaturated/α-hetero) is 2. The molecular weight excluding hydrogens is 604 g/mol. The highest BCUT2D eigenvalue weighted by molar-refractivity contribution is 5.95. The topological polar surface area (TPSA) is 180 Å². The van der Waals surface area contributed by atoms with Gasteiger partial charge in [-0.1, -0.05) is 37.6 Å². The molecule has 0 unspecified atom stereocenters. The van der Waals surface area contributed by atoms with Gasteiger partial charge in [-0.3, -0.25) is 24.0 Å². The number of aromatic nitrogens is 1. The third kappa shape index (κ3) is 5.62. The number of H-pyrrole nitrogens is 1. The van der Waals surface area contributed by atoms with Crippen LogP contribution in [0.4, 0.5) is 0 Å². The second kappa shape index (κ2) is 12.2. The molecule has 7 atom stereocenters. The van der Waals surface area contributed by atoms with Crippen molar-refractivity contribution in [1.82, 2.24) is 10.3 Å². The molecule has 0 aliphatic heterocycles. The van der Waals surface area contributed by atoms with Crippen LogP contribution in [0.1, 0.15) is 77.2 Å². The Kier molecular flexibility index (Phi) is 8.48. The van der Waals surface area contributed by atoms with Crippen LogP contribution in [0, 0.1) is 28.6 Å². The number of carboxylic acids is 1. The van der Waals surface area contributed by atoms with Gasteiger partial charge in [-0.25, -0.2) is 4.79 Å². The van der Waals surface area contributed by atoms with Gasteiger partial charge < -0.3 is 25.3 Å². The number of rotatable bonds is 10. The first kappa shape index (κ1) is 32.8. The molecule has 3 saturated carbocycles. The molecular formula is C36H42N2O9. The summed E-state index contributed by atoms with van der Waals surface area (Å²) in [5.74, 6) is -3.57. The number of hydrogen-bond donors (Lipinski definition) is 4. The number of aliphatic carboxylic acids is 1. The first-order valence-electron chi connectivity index (χ1n) is 16.5. The van der Waals surface area contributed by atoms with Crippen LogP contribution in [0.15, 0.2) is 42.1 Å². The Morgan fingerprint density at radius 1 is 1.06 bits per heavy atom. The summed E-state index contributed by atoms with van der Waals surface area (Å²) in [6.45, 7) is 3.20. The summed E-state index contributed by atoms with van der Waals surface area (Å²) in [6, 6.07) is 6.20. The summed E-state index contributed by atoms with van der Waals surface area (Å²) in [6.07, 6.45) is 6.00.